The molecule has 2 rings (SSSR count). The Balaban J connectivity index is 2.14. The molecule has 0 spiro atoms. The minimum Gasteiger partial charge on any atom is -0.340 e. The third-order valence-corrected chi connectivity index (χ3v) is 5.86. The van der Waals surface area contributed by atoms with Crippen molar-refractivity contribution in [1.29, 1.82) is 5.26 Å². The molecule has 1 aromatic carbocycles. The van der Waals surface area contributed by atoms with Crippen LogP contribution in [0.2, 0.25) is 0 Å². The molecule has 1 aliphatic heterocycles. The third kappa shape index (κ3) is 4.11. The predicted molar refractivity (Wildman–Crippen MR) is 89.0 cm³/mol. The first kappa shape index (κ1) is 17.9. The molecule has 7 nitrogen and oxygen atoms in total. The maximum Gasteiger partial charge on any atom is 0.242 e. The number of nitriles is 1. The second kappa shape index (κ2) is 7.01. The zero-order chi connectivity index (χ0) is 17.9. The molecule has 1 aliphatic rings. The highest BCUT2D eigenvalue weighted by molar-refractivity contribution is 7.91. The van der Waals surface area contributed by atoms with Gasteiger partial charge in [-0.2, -0.15) is 5.26 Å². The van der Waals surface area contributed by atoms with Gasteiger partial charge in [0.1, 0.15) is 6.54 Å². The summed E-state index contributed by atoms with van der Waals surface area (Å²) in [6.45, 7) is 1.14. The molecule has 2 amide bonds. The average molecular weight is 349 g/mol. The number of hydrogen-bond donors (Lipinski definition) is 0. The van der Waals surface area contributed by atoms with Gasteiger partial charge in [-0.1, -0.05) is 6.07 Å². The van der Waals surface area contributed by atoms with Gasteiger partial charge in [0.05, 0.1) is 23.1 Å². The van der Waals surface area contributed by atoms with Crippen molar-refractivity contribution in [3.8, 4) is 6.07 Å². The van der Waals surface area contributed by atoms with E-state index in [1.165, 1.54) is 22.8 Å². The van der Waals surface area contributed by atoms with Gasteiger partial charge in [-0.3, -0.25) is 9.59 Å². The summed E-state index contributed by atoms with van der Waals surface area (Å²) < 4.78 is 23.1. The number of likely N-dealkylation sites (N-methyl/N-ethyl adjacent to an activating group) is 1. The second-order valence-electron chi connectivity index (χ2n) is 5.83. The van der Waals surface area contributed by atoms with Gasteiger partial charge in [-0.25, -0.2) is 8.42 Å². The van der Waals surface area contributed by atoms with Crippen LogP contribution >= 0.6 is 0 Å². The largest absolute Gasteiger partial charge is 0.340 e. The molecule has 1 atom stereocenters. The molecular weight excluding hydrogens is 330 g/mol. The Labute approximate surface area is 141 Å². The van der Waals surface area contributed by atoms with E-state index in [-0.39, 0.29) is 35.9 Å². The van der Waals surface area contributed by atoms with Gasteiger partial charge in [-0.05, 0) is 24.6 Å². The Bertz CT molecular complexity index is 798. The molecule has 128 valence electrons. The topological polar surface area (TPSA) is 98.6 Å². The predicted octanol–water partition coefficient (Wildman–Crippen LogP) is 0.557. The lowest BCUT2D eigenvalue weighted by Crippen LogP contribution is -2.45. The Morgan fingerprint density at radius 3 is 2.62 bits per heavy atom. The highest BCUT2D eigenvalue weighted by Crippen LogP contribution is 2.19. The van der Waals surface area contributed by atoms with Crippen LogP contribution in [0.25, 0.3) is 0 Å². The second-order valence-corrected chi connectivity index (χ2v) is 8.06. The van der Waals surface area contributed by atoms with Gasteiger partial charge in [0, 0.05) is 25.7 Å². The minimum absolute atomic E-state index is 0.0424. The standard InChI is InChI=1S/C16H19N3O4S/c1-12(20)19(14-5-3-4-13(8-14)9-17)10-16(21)18(2)15-6-7-24(22,23)11-15/h3-5,8,15H,6-7,10-11H2,1-2H3. The molecular formula is C16H19N3O4S. The maximum atomic E-state index is 12.5. The van der Waals surface area contributed by atoms with Crippen LogP contribution in [0.3, 0.4) is 0 Å². The molecule has 24 heavy (non-hydrogen) atoms. The van der Waals surface area contributed by atoms with E-state index in [1.807, 2.05) is 6.07 Å². The van der Waals surface area contributed by atoms with Crippen LogP contribution in [0.15, 0.2) is 24.3 Å². The SMILES string of the molecule is CC(=O)N(CC(=O)N(C)C1CCS(=O)(=O)C1)c1cccc(C#N)c1. The van der Waals surface area contributed by atoms with E-state index in [0.29, 0.717) is 17.7 Å². The summed E-state index contributed by atoms with van der Waals surface area (Å²) in [7, 11) is -1.54. The van der Waals surface area contributed by atoms with Crippen LogP contribution in [0.1, 0.15) is 18.9 Å². The quantitative estimate of drug-likeness (QED) is 0.791. The molecule has 1 aromatic rings. The van der Waals surface area contributed by atoms with Crippen molar-refractivity contribution in [1.82, 2.24) is 4.90 Å². The van der Waals surface area contributed by atoms with Crippen molar-refractivity contribution < 1.29 is 18.0 Å². The number of amides is 2. The van der Waals surface area contributed by atoms with Crippen LogP contribution < -0.4 is 4.90 Å². The van der Waals surface area contributed by atoms with E-state index in [1.54, 1.807) is 25.2 Å². The molecule has 1 heterocycles. The van der Waals surface area contributed by atoms with Gasteiger partial charge in [0.15, 0.2) is 9.84 Å². The summed E-state index contributed by atoms with van der Waals surface area (Å²) >= 11 is 0. The molecule has 1 fully saturated rings. The Morgan fingerprint density at radius 2 is 2.08 bits per heavy atom. The van der Waals surface area contributed by atoms with E-state index >= 15 is 0 Å². The first-order valence-electron chi connectivity index (χ1n) is 7.48. The maximum absolute atomic E-state index is 12.5. The van der Waals surface area contributed by atoms with Gasteiger partial charge in [-0.15, -0.1) is 0 Å². The number of rotatable bonds is 4. The Hall–Kier alpha value is -2.40. The van der Waals surface area contributed by atoms with Gasteiger partial charge >= 0.3 is 0 Å². The van der Waals surface area contributed by atoms with E-state index in [2.05, 4.69) is 0 Å². The van der Waals surface area contributed by atoms with Crippen LogP contribution in [0.5, 0.6) is 0 Å². The number of sulfone groups is 1. The number of benzene rings is 1. The third-order valence-electron chi connectivity index (χ3n) is 4.11. The molecule has 1 saturated heterocycles. The van der Waals surface area contributed by atoms with Crippen LogP contribution in [0, 0.1) is 11.3 Å². The molecule has 8 heteroatoms. The first-order chi connectivity index (χ1) is 11.2. The average Bonchev–Trinajstić information content (AvgIpc) is 2.91. The molecule has 0 bridgehead atoms. The van der Waals surface area contributed by atoms with Crippen LogP contribution in [-0.2, 0) is 19.4 Å². The summed E-state index contributed by atoms with van der Waals surface area (Å²) in [5.41, 5.74) is 0.851. The molecule has 1 unspecified atom stereocenters. The van der Waals surface area contributed by atoms with Crippen LogP contribution in [0.4, 0.5) is 5.69 Å². The number of carbonyl (C=O) groups excluding carboxylic acids is 2. The lowest BCUT2D eigenvalue weighted by molar-refractivity contribution is -0.131. The van der Waals surface area contributed by atoms with E-state index in [9.17, 15) is 18.0 Å². The van der Waals surface area contributed by atoms with E-state index < -0.39 is 9.84 Å². The minimum atomic E-state index is -3.09. The zero-order valence-electron chi connectivity index (χ0n) is 13.6. The van der Waals surface area contributed by atoms with Crippen molar-refractivity contribution >= 4 is 27.3 Å². The van der Waals surface area contributed by atoms with Crippen molar-refractivity contribution in [2.45, 2.75) is 19.4 Å². The van der Waals surface area contributed by atoms with Gasteiger partial charge in [0.25, 0.3) is 0 Å². The fourth-order valence-corrected chi connectivity index (χ4v) is 4.43. The van der Waals surface area contributed by atoms with Crippen molar-refractivity contribution in [3.05, 3.63) is 29.8 Å². The smallest absolute Gasteiger partial charge is 0.242 e. The Morgan fingerprint density at radius 1 is 1.38 bits per heavy atom. The normalized spacial score (nSPS) is 18.6. The summed E-state index contributed by atoms with van der Waals surface area (Å²) in [6.07, 6.45) is 0.411. The number of anilines is 1. The lowest BCUT2D eigenvalue weighted by Gasteiger charge is -2.27. The zero-order valence-corrected chi connectivity index (χ0v) is 14.4. The van der Waals surface area contributed by atoms with Crippen molar-refractivity contribution in [2.24, 2.45) is 0 Å². The number of carbonyl (C=O) groups is 2. The molecule has 0 N–H and O–H groups in total. The lowest BCUT2D eigenvalue weighted by atomic mass is 10.2. The fourth-order valence-electron chi connectivity index (χ4n) is 2.66. The summed E-state index contributed by atoms with van der Waals surface area (Å²) in [5.74, 6) is -0.629. The van der Waals surface area contributed by atoms with Crippen molar-refractivity contribution in [2.75, 3.05) is 30.0 Å². The number of nitrogens with zero attached hydrogens (tertiary/aromatic N) is 3. The summed E-state index contributed by atoms with van der Waals surface area (Å²) in [6, 6.07) is 8.07. The highest BCUT2D eigenvalue weighted by atomic mass is 32.2. The van der Waals surface area contributed by atoms with Crippen LogP contribution in [-0.4, -0.2) is 56.3 Å². The number of hydrogen-bond acceptors (Lipinski definition) is 5. The molecule has 0 saturated carbocycles. The van der Waals surface area contributed by atoms with Gasteiger partial charge in [0.2, 0.25) is 11.8 Å². The first-order valence-corrected chi connectivity index (χ1v) is 9.30. The fraction of sp³-hybridized carbons (Fsp3) is 0.438. The summed E-state index contributed by atoms with van der Waals surface area (Å²) in [4.78, 5) is 27.0. The summed E-state index contributed by atoms with van der Waals surface area (Å²) in [5, 5.41) is 8.96. The Kier molecular flexibility index (Phi) is 5.24. The molecule has 0 radical (unpaired) electrons. The van der Waals surface area contributed by atoms with E-state index in [0.717, 1.165) is 0 Å². The van der Waals surface area contributed by atoms with Crippen molar-refractivity contribution in [3.63, 3.8) is 0 Å². The van der Waals surface area contributed by atoms with Gasteiger partial charge < -0.3 is 9.80 Å². The van der Waals surface area contributed by atoms with E-state index in [4.69, 9.17) is 5.26 Å². The monoisotopic (exact) mass is 349 g/mol. The molecule has 0 aromatic heterocycles. The highest BCUT2D eigenvalue weighted by Gasteiger charge is 2.33. The molecule has 0 aliphatic carbocycles.